The summed E-state index contributed by atoms with van der Waals surface area (Å²) in [7, 11) is 1.44. The van der Waals surface area contributed by atoms with Crippen LogP contribution in [0.25, 0.3) is 11.1 Å². The number of nitrogens with two attached hydrogens (primary N) is 1. The Labute approximate surface area is 267 Å². The summed E-state index contributed by atoms with van der Waals surface area (Å²) in [5.74, 6) is -3.61. The number of aromatic nitrogens is 1. The Kier molecular flexibility index (Phi) is 15.0. The third-order valence-electron chi connectivity index (χ3n) is 7.08. The van der Waals surface area contributed by atoms with E-state index in [-0.39, 0.29) is 43.2 Å². The van der Waals surface area contributed by atoms with Crippen LogP contribution >= 0.6 is 0 Å². The van der Waals surface area contributed by atoms with Crippen molar-refractivity contribution in [3.63, 3.8) is 0 Å². The number of hydrogen-bond donors (Lipinski definition) is 7. The van der Waals surface area contributed by atoms with Gasteiger partial charge >= 0.3 is 5.97 Å². The van der Waals surface area contributed by atoms with Crippen LogP contribution in [0.15, 0.2) is 60.8 Å². The van der Waals surface area contributed by atoms with Crippen molar-refractivity contribution in [1.82, 2.24) is 20.5 Å². The van der Waals surface area contributed by atoms with Crippen LogP contribution < -0.4 is 21.7 Å². The average Bonchev–Trinajstić information content (AvgIpc) is 3.41. The number of primary amides is 1. The number of carbonyl (C=O) groups excluding carboxylic acids is 2. The molecule has 0 radical (unpaired) electrons. The van der Waals surface area contributed by atoms with Gasteiger partial charge in [-0.1, -0.05) is 51.1 Å². The number of carboxylic acid groups (broad SMARTS) is 1. The molecule has 3 atom stereocenters. The number of aliphatic carboxylic acids is 1. The van der Waals surface area contributed by atoms with Gasteiger partial charge in [0.1, 0.15) is 17.7 Å². The molecule has 3 aromatic rings. The van der Waals surface area contributed by atoms with E-state index in [0.29, 0.717) is 12.1 Å². The van der Waals surface area contributed by atoms with Crippen molar-refractivity contribution in [2.75, 3.05) is 26.8 Å². The van der Waals surface area contributed by atoms with Gasteiger partial charge in [0, 0.05) is 36.6 Å². The maximum atomic E-state index is 14.8. The summed E-state index contributed by atoms with van der Waals surface area (Å²) in [6.07, 6.45) is 1.53. The second-order valence-electron chi connectivity index (χ2n) is 11.8. The van der Waals surface area contributed by atoms with E-state index in [9.17, 15) is 28.3 Å². The van der Waals surface area contributed by atoms with Gasteiger partial charge in [-0.25, -0.2) is 8.78 Å². The van der Waals surface area contributed by atoms with E-state index in [1.54, 1.807) is 6.20 Å². The summed E-state index contributed by atoms with van der Waals surface area (Å²) in [6, 6.07) is 12.4. The molecular weight excluding hydrogens is 600 g/mol. The number of aliphatic hydroxyl groups is 2. The zero-order chi connectivity index (χ0) is 34.4. The van der Waals surface area contributed by atoms with E-state index in [4.69, 9.17) is 15.9 Å². The number of halogens is 2. The normalized spacial score (nSPS) is 13.2. The van der Waals surface area contributed by atoms with Gasteiger partial charge < -0.3 is 36.3 Å². The Morgan fingerprint density at radius 1 is 0.978 bits per heavy atom. The summed E-state index contributed by atoms with van der Waals surface area (Å²) >= 11 is 0. The number of carbonyl (C=O) groups is 3. The molecule has 0 aliphatic rings. The van der Waals surface area contributed by atoms with Gasteiger partial charge in [-0.15, -0.1) is 0 Å². The number of carboxylic acids is 1. The van der Waals surface area contributed by atoms with Crippen molar-refractivity contribution in [1.29, 1.82) is 0 Å². The highest BCUT2D eigenvalue weighted by atomic mass is 19.1. The number of benzene rings is 2. The third kappa shape index (κ3) is 11.6. The van der Waals surface area contributed by atoms with Crippen LogP contribution in [0.5, 0.6) is 0 Å². The molecule has 0 saturated carbocycles. The van der Waals surface area contributed by atoms with Gasteiger partial charge in [0.05, 0.1) is 31.7 Å². The number of nitrogens with one attached hydrogen (secondary N) is 3. The van der Waals surface area contributed by atoms with Crippen LogP contribution in [-0.4, -0.2) is 76.6 Å². The van der Waals surface area contributed by atoms with Crippen molar-refractivity contribution in [2.45, 2.75) is 58.3 Å². The first-order chi connectivity index (χ1) is 21.7. The van der Waals surface area contributed by atoms with Crippen molar-refractivity contribution >= 4 is 17.8 Å². The van der Waals surface area contributed by atoms with Crippen LogP contribution in [0.2, 0.25) is 0 Å². The number of nitrogens with zero attached hydrogens (tertiary/aromatic N) is 1. The van der Waals surface area contributed by atoms with E-state index in [1.807, 2.05) is 61.7 Å². The molecule has 0 aliphatic heterocycles. The number of likely N-dealkylation sites (N-methyl/N-ethyl adjacent to an activating group) is 1. The fourth-order valence-electron chi connectivity index (χ4n) is 4.91. The second kappa shape index (κ2) is 18.1. The summed E-state index contributed by atoms with van der Waals surface area (Å²) < 4.78 is 30.9. The first kappa shape index (κ1) is 38.0. The highest BCUT2D eigenvalue weighted by Crippen LogP contribution is 2.37. The number of hydrogen-bond acceptors (Lipinski definition) is 7. The van der Waals surface area contributed by atoms with Crippen LogP contribution in [0, 0.1) is 17.0 Å². The second-order valence-corrected chi connectivity index (χ2v) is 11.8. The number of aliphatic hydroxyl groups excluding tert-OH is 2. The predicted molar refractivity (Wildman–Crippen MR) is 171 cm³/mol. The van der Waals surface area contributed by atoms with Crippen LogP contribution in [-0.2, 0) is 20.9 Å². The lowest BCUT2D eigenvalue weighted by Gasteiger charge is -2.33. The SMILES string of the molecule is CNC(=O)[C@H](CCN[C@@H](c1cc(-c2cc(F)ccc2F)cn1Cc1ccccc1)C(C)(C)C)N[C@@H](CC(N)=O)C(=O)O.OCCO. The first-order valence-corrected chi connectivity index (χ1v) is 14.8. The topological polar surface area (TPSA) is 179 Å². The summed E-state index contributed by atoms with van der Waals surface area (Å²) in [5, 5.41) is 33.5. The smallest absolute Gasteiger partial charge is 0.321 e. The van der Waals surface area contributed by atoms with Gasteiger partial charge in [-0.05, 0) is 48.2 Å². The number of amides is 2. The predicted octanol–water partition coefficient (Wildman–Crippen LogP) is 2.55. The Balaban J connectivity index is 0.00000173. The van der Waals surface area contributed by atoms with Crippen molar-refractivity contribution in [3.8, 4) is 11.1 Å². The Bertz CT molecular complexity index is 1430. The zero-order valence-corrected chi connectivity index (χ0v) is 26.6. The lowest BCUT2D eigenvalue weighted by atomic mass is 9.84. The maximum Gasteiger partial charge on any atom is 0.321 e. The van der Waals surface area contributed by atoms with Crippen molar-refractivity contribution < 1.29 is 38.5 Å². The van der Waals surface area contributed by atoms with E-state index in [1.165, 1.54) is 13.1 Å². The molecule has 252 valence electrons. The molecule has 1 heterocycles. The average molecular weight is 646 g/mol. The molecule has 11 nitrogen and oxygen atoms in total. The van der Waals surface area contributed by atoms with E-state index in [2.05, 4.69) is 16.0 Å². The molecule has 0 spiro atoms. The standard InChI is InChI=1S/C31H39F2N5O4.C2H6O2/c1-31(2,3)28(36-13-12-24(29(40)35-4)37-25(30(41)42)16-27(34)39)26-14-20(22-15-21(32)10-11-23(22)33)18-38(26)17-19-8-6-5-7-9-19;3-1-2-4/h5-11,14-15,18,24-25,28,36-37H,12-13,16-17H2,1-4H3,(H2,34,39)(H,35,40)(H,41,42);3-4H,1-2H2/t24-,25-,28-;/m0./s1. The minimum absolute atomic E-state index is 0.125. The molecule has 1 aromatic heterocycles. The molecular formula is C33H45F2N5O6. The number of rotatable bonds is 15. The van der Waals surface area contributed by atoms with Crippen LogP contribution in [0.1, 0.15) is 50.9 Å². The molecule has 0 unspecified atom stereocenters. The largest absolute Gasteiger partial charge is 0.480 e. The molecule has 0 saturated heterocycles. The Morgan fingerprint density at radius 3 is 2.17 bits per heavy atom. The van der Waals surface area contributed by atoms with E-state index >= 15 is 0 Å². The summed E-state index contributed by atoms with van der Waals surface area (Å²) in [5.41, 5.74) is 7.35. The molecule has 3 rings (SSSR count). The van der Waals surface area contributed by atoms with E-state index < -0.39 is 47.9 Å². The highest BCUT2D eigenvalue weighted by Gasteiger charge is 2.31. The molecule has 0 bridgehead atoms. The monoisotopic (exact) mass is 645 g/mol. The lowest BCUT2D eigenvalue weighted by Crippen LogP contribution is -2.52. The lowest BCUT2D eigenvalue weighted by molar-refractivity contribution is -0.141. The van der Waals surface area contributed by atoms with E-state index in [0.717, 1.165) is 23.4 Å². The summed E-state index contributed by atoms with van der Waals surface area (Å²) in [4.78, 5) is 35.6. The Morgan fingerprint density at radius 2 is 1.63 bits per heavy atom. The van der Waals surface area contributed by atoms with Crippen LogP contribution in [0.4, 0.5) is 8.78 Å². The molecule has 2 aromatic carbocycles. The summed E-state index contributed by atoms with van der Waals surface area (Å²) in [6.45, 7) is 6.63. The van der Waals surface area contributed by atoms with Crippen molar-refractivity contribution in [2.24, 2.45) is 11.1 Å². The van der Waals surface area contributed by atoms with Gasteiger partial charge in [0.15, 0.2) is 0 Å². The van der Waals surface area contributed by atoms with Crippen LogP contribution in [0.3, 0.4) is 0 Å². The fraction of sp³-hybridized carbons (Fsp3) is 0.424. The first-order valence-electron chi connectivity index (χ1n) is 14.8. The molecule has 0 fully saturated rings. The van der Waals surface area contributed by atoms with Gasteiger partial charge in [0.25, 0.3) is 0 Å². The third-order valence-corrected chi connectivity index (χ3v) is 7.08. The molecule has 0 aliphatic carbocycles. The quantitative estimate of drug-likeness (QED) is 0.132. The highest BCUT2D eigenvalue weighted by molar-refractivity contribution is 5.85. The van der Waals surface area contributed by atoms with Gasteiger partial charge in [-0.3, -0.25) is 19.7 Å². The maximum absolute atomic E-state index is 14.8. The van der Waals surface area contributed by atoms with Gasteiger partial charge in [0.2, 0.25) is 11.8 Å². The molecule has 46 heavy (non-hydrogen) atoms. The van der Waals surface area contributed by atoms with Crippen molar-refractivity contribution in [3.05, 3.63) is 83.7 Å². The van der Waals surface area contributed by atoms with Gasteiger partial charge in [-0.2, -0.15) is 0 Å². The fourth-order valence-corrected chi connectivity index (χ4v) is 4.91. The minimum atomic E-state index is -1.32. The Hall–Kier alpha value is -4.17. The molecule has 2 amide bonds. The molecule has 8 N–H and O–H groups in total. The zero-order valence-electron chi connectivity index (χ0n) is 26.6. The minimum Gasteiger partial charge on any atom is -0.480 e. The molecule has 13 heteroatoms.